The summed E-state index contributed by atoms with van der Waals surface area (Å²) < 4.78 is 39.7. The van der Waals surface area contributed by atoms with Crippen LogP contribution in [-0.4, -0.2) is 13.0 Å². The van der Waals surface area contributed by atoms with Crippen LogP contribution in [-0.2, 0) is 6.18 Å². The molecular weight excluding hydrogens is 383 g/mol. The summed E-state index contributed by atoms with van der Waals surface area (Å²) >= 11 is 9.27. The number of halogens is 5. The van der Waals surface area contributed by atoms with Crippen molar-refractivity contribution in [1.82, 2.24) is 0 Å². The first-order valence-electron chi connectivity index (χ1n) is 6.11. The molecule has 2 aromatic rings. The third-order valence-corrected chi connectivity index (χ3v) is 3.83. The van der Waals surface area contributed by atoms with Gasteiger partial charge in [-0.1, -0.05) is 39.7 Å². The van der Waals surface area contributed by atoms with Gasteiger partial charge in [0.25, 0.3) is 5.91 Å². The summed E-state index contributed by atoms with van der Waals surface area (Å²) in [4.78, 5) is 13.5. The Hall–Kier alpha value is -1.53. The van der Waals surface area contributed by atoms with E-state index >= 15 is 0 Å². The Balaban J connectivity index is 2.44. The van der Waals surface area contributed by atoms with Gasteiger partial charge >= 0.3 is 6.18 Å². The molecule has 22 heavy (non-hydrogen) atoms. The minimum atomic E-state index is -4.60. The van der Waals surface area contributed by atoms with Gasteiger partial charge < -0.3 is 4.90 Å². The van der Waals surface area contributed by atoms with Gasteiger partial charge in [-0.3, -0.25) is 4.79 Å². The molecule has 7 heteroatoms. The molecule has 0 saturated heterocycles. The topological polar surface area (TPSA) is 20.3 Å². The summed E-state index contributed by atoms with van der Waals surface area (Å²) in [6, 6.07) is 9.43. The van der Waals surface area contributed by atoms with Crippen molar-refractivity contribution in [2.45, 2.75) is 6.18 Å². The van der Waals surface area contributed by atoms with Gasteiger partial charge in [0, 0.05) is 11.5 Å². The average Bonchev–Trinajstić information content (AvgIpc) is 2.45. The van der Waals surface area contributed by atoms with E-state index in [9.17, 15) is 18.0 Å². The molecule has 0 heterocycles. The van der Waals surface area contributed by atoms with Gasteiger partial charge in [0.1, 0.15) is 0 Å². The van der Waals surface area contributed by atoms with Gasteiger partial charge in [0.05, 0.1) is 21.8 Å². The average molecular weight is 393 g/mol. The highest BCUT2D eigenvalue weighted by Crippen LogP contribution is 2.34. The number of hydrogen-bond acceptors (Lipinski definition) is 1. The predicted octanol–water partition coefficient (Wildman–Crippen LogP) is 5.40. The molecule has 0 N–H and O–H groups in total. The highest BCUT2D eigenvalue weighted by Gasteiger charge is 2.35. The monoisotopic (exact) mass is 391 g/mol. The van der Waals surface area contributed by atoms with Crippen LogP contribution < -0.4 is 4.90 Å². The van der Waals surface area contributed by atoms with Gasteiger partial charge in [-0.25, -0.2) is 0 Å². The van der Waals surface area contributed by atoms with Gasteiger partial charge in [-0.15, -0.1) is 0 Å². The standard InChI is InChI=1S/C15H10BrClF3NO/c1-21(13-7-6-9(16)8-12(13)17)14(22)10-4-2-3-5-11(10)15(18,19)20/h2-8H,1H3. The molecule has 0 bridgehead atoms. The molecule has 0 aliphatic heterocycles. The van der Waals surface area contributed by atoms with Crippen LogP contribution in [0.3, 0.4) is 0 Å². The van der Waals surface area contributed by atoms with Crippen LogP contribution in [0.25, 0.3) is 0 Å². The number of rotatable bonds is 2. The zero-order valence-electron chi connectivity index (χ0n) is 11.3. The van der Waals surface area contributed by atoms with Crippen molar-refractivity contribution in [3.05, 3.63) is 63.1 Å². The van der Waals surface area contributed by atoms with Gasteiger partial charge in [-0.05, 0) is 30.3 Å². The van der Waals surface area contributed by atoms with Crippen LogP contribution >= 0.6 is 27.5 Å². The molecule has 0 aliphatic carbocycles. The van der Waals surface area contributed by atoms with Crippen LogP contribution in [0.1, 0.15) is 15.9 Å². The van der Waals surface area contributed by atoms with E-state index in [1.54, 1.807) is 18.2 Å². The van der Waals surface area contributed by atoms with Crippen LogP contribution in [0.2, 0.25) is 5.02 Å². The molecule has 0 unspecified atom stereocenters. The van der Waals surface area contributed by atoms with Crippen molar-refractivity contribution in [3.8, 4) is 0 Å². The molecule has 1 amide bonds. The molecule has 2 rings (SSSR count). The Labute approximate surface area is 138 Å². The van der Waals surface area contributed by atoms with Crippen LogP contribution in [0.4, 0.5) is 18.9 Å². The fourth-order valence-corrected chi connectivity index (χ4v) is 2.76. The molecule has 116 valence electrons. The SMILES string of the molecule is CN(C(=O)c1ccccc1C(F)(F)F)c1ccc(Br)cc1Cl. The highest BCUT2D eigenvalue weighted by molar-refractivity contribution is 9.10. The lowest BCUT2D eigenvalue weighted by Crippen LogP contribution is -2.28. The summed E-state index contributed by atoms with van der Waals surface area (Å²) in [6.07, 6.45) is -4.60. The maximum absolute atomic E-state index is 13.0. The number of amides is 1. The van der Waals surface area contributed by atoms with E-state index in [1.807, 2.05) is 0 Å². The molecule has 0 saturated carbocycles. The zero-order chi connectivity index (χ0) is 16.5. The normalized spacial score (nSPS) is 11.4. The van der Waals surface area contributed by atoms with Crippen LogP contribution in [0.15, 0.2) is 46.9 Å². The lowest BCUT2D eigenvalue weighted by molar-refractivity contribution is -0.137. The van der Waals surface area contributed by atoms with E-state index in [0.717, 1.165) is 17.0 Å². The highest BCUT2D eigenvalue weighted by atomic mass is 79.9. The third kappa shape index (κ3) is 3.44. The van der Waals surface area contributed by atoms with Crippen LogP contribution in [0.5, 0.6) is 0 Å². The Bertz CT molecular complexity index is 718. The smallest absolute Gasteiger partial charge is 0.310 e. The molecule has 0 atom stereocenters. The van der Waals surface area contributed by atoms with Crippen molar-refractivity contribution in [3.63, 3.8) is 0 Å². The maximum Gasteiger partial charge on any atom is 0.417 e. The quantitative estimate of drug-likeness (QED) is 0.670. The van der Waals surface area contributed by atoms with Crippen molar-refractivity contribution >= 4 is 39.1 Å². The first-order chi connectivity index (χ1) is 10.2. The second-order valence-electron chi connectivity index (χ2n) is 4.50. The lowest BCUT2D eigenvalue weighted by atomic mass is 10.1. The predicted molar refractivity (Wildman–Crippen MR) is 83.3 cm³/mol. The summed E-state index contributed by atoms with van der Waals surface area (Å²) in [6.45, 7) is 0. The Morgan fingerprint density at radius 3 is 2.41 bits per heavy atom. The number of benzene rings is 2. The summed E-state index contributed by atoms with van der Waals surface area (Å²) in [5, 5.41) is 0.259. The van der Waals surface area contributed by atoms with E-state index in [1.165, 1.54) is 19.2 Å². The number of nitrogens with zero attached hydrogens (tertiary/aromatic N) is 1. The maximum atomic E-state index is 13.0. The van der Waals surface area contributed by atoms with Crippen LogP contribution in [0, 0.1) is 0 Å². The second-order valence-corrected chi connectivity index (χ2v) is 5.83. The Morgan fingerprint density at radius 1 is 1.18 bits per heavy atom. The molecule has 0 aromatic heterocycles. The minimum absolute atomic E-state index is 0.259. The molecule has 0 aliphatic rings. The molecule has 0 fully saturated rings. The molecule has 2 aromatic carbocycles. The van der Waals surface area contributed by atoms with Gasteiger partial charge in [0.2, 0.25) is 0 Å². The van der Waals surface area contributed by atoms with Crippen molar-refractivity contribution in [1.29, 1.82) is 0 Å². The largest absolute Gasteiger partial charge is 0.417 e. The third-order valence-electron chi connectivity index (χ3n) is 3.04. The number of anilines is 1. The first kappa shape index (κ1) is 16.8. The van der Waals surface area contributed by atoms with Crippen molar-refractivity contribution in [2.24, 2.45) is 0 Å². The Kier molecular flexibility index (Phi) is 4.82. The fourth-order valence-electron chi connectivity index (χ4n) is 1.96. The molecule has 0 radical (unpaired) electrons. The number of carbonyl (C=O) groups excluding carboxylic acids is 1. The number of hydrogen-bond donors (Lipinski definition) is 0. The molecule has 0 spiro atoms. The second kappa shape index (κ2) is 6.30. The number of alkyl halides is 3. The number of carbonyl (C=O) groups is 1. The van der Waals surface area contributed by atoms with E-state index in [0.29, 0.717) is 10.2 Å². The van der Waals surface area contributed by atoms with E-state index < -0.39 is 23.2 Å². The lowest BCUT2D eigenvalue weighted by Gasteiger charge is -2.21. The minimum Gasteiger partial charge on any atom is -0.310 e. The van der Waals surface area contributed by atoms with Crippen molar-refractivity contribution in [2.75, 3.05) is 11.9 Å². The van der Waals surface area contributed by atoms with E-state index in [4.69, 9.17) is 11.6 Å². The first-order valence-corrected chi connectivity index (χ1v) is 7.28. The van der Waals surface area contributed by atoms with Crippen molar-refractivity contribution < 1.29 is 18.0 Å². The van der Waals surface area contributed by atoms with E-state index in [2.05, 4.69) is 15.9 Å². The Morgan fingerprint density at radius 2 is 1.82 bits per heavy atom. The van der Waals surface area contributed by atoms with Gasteiger partial charge in [0.15, 0.2) is 0 Å². The molecular formula is C15H10BrClF3NO. The van der Waals surface area contributed by atoms with E-state index in [-0.39, 0.29) is 5.02 Å². The van der Waals surface area contributed by atoms with Gasteiger partial charge in [-0.2, -0.15) is 13.2 Å². The summed E-state index contributed by atoms with van der Waals surface area (Å²) in [7, 11) is 1.38. The summed E-state index contributed by atoms with van der Waals surface area (Å²) in [5.74, 6) is -0.780. The zero-order valence-corrected chi connectivity index (χ0v) is 13.6. The fraction of sp³-hybridized carbons (Fsp3) is 0.133. The molecule has 2 nitrogen and oxygen atoms in total. The summed E-state index contributed by atoms with van der Waals surface area (Å²) in [5.41, 5.74) is -1.07.